The second kappa shape index (κ2) is 7.19. The molecule has 0 saturated heterocycles. The van der Waals surface area contributed by atoms with Crippen molar-refractivity contribution in [2.75, 3.05) is 25.9 Å². The molecule has 5 heteroatoms. The average molecular weight is 265 g/mol. The first-order valence-corrected chi connectivity index (χ1v) is 6.50. The number of carbonyl (C=O) groups is 1. The number of rotatable bonds is 7. The van der Waals surface area contributed by atoms with Crippen molar-refractivity contribution in [1.29, 1.82) is 0 Å². The van der Waals surface area contributed by atoms with Crippen molar-refractivity contribution < 1.29 is 6.17 Å². The van der Waals surface area contributed by atoms with Gasteiger partial charge in [0.05, 0.1) is 6.04 Å². The van der Waals surface area contributed by atoms with Crippen LogP contribution in [0.4, 0.5) is 5.95 Å². The fourth-order valence-corrected chi connectivity index (χ4v) is 2.03. The largest absolute Gasteiger partial charge is 0.354 e. The Hall–Kier alpha value is -1.49. The van der Waals surface area contributed by atoms with Gasteiger partial charge in [0, 0.05) is 19.3 Å². The number of hydrogen-bond acceptors (Lipinski definition) is 5. The second-order valence-electron chi connectivity index (χ2n) is 4.93. The summed E-state index contributed by atoms with van der Waals surface area (Å²) in [4.78, 5) is 21.9. The molecule has 0 amide bonds. The van der Waals surface area contributed by atoms with Crippen LogP contribution in [0.25, 0.3) is 0 Å². The Morgan fingerprint density at radius 2 is 2.11 bits per heavy atom. The van der Waals surface area contributed by atoms with E-state index in [9.17, 15) is 4.79 Å². The Balaban J connectivity index is 2.42. The molecule has 0 radical (unpaired) electrons. The molecule has 5 nitrogen and oxygen atoms in total. The highest BCUT2D eigenvalue weighted by molar-refractivity contribution is 5.81. The lowest BCUT2D eigenvalue weighted by molar-refractivity contribution is -0.121. The van der Waals surface area contributed by atoms with E-state index in [0.717, 1.165) is 30.8 Å². The van der Waals surface area contributed by atoms with Crippen molar-refractivity contribution in [3.8, 4) is 0 Å². The zero-order chi connectivity index (χ0) is 15.1. The molecule has 1 heterocycles. The van der Waals surface area contributed by atoms with Crippen LogP contribution in [0.3, 0.4) is 0 Å². The van der Waals surface area contributed by atoms with Crippen LogP contribution >= 0.6 is 0 Å². The molecule has 1 N–H and O–H groups in total. The van der Waals surface area contributed by atoms with Crippen molar-refractivity contribution >= 4 is 11.7 Å². The number of hydrogen-bond donors (Lipinski definition) is 1. The van der Waals surface area contributed by atoms with E-state index in [-0.39, 0.29) is 18.8 Å². The Labute approximate surface area is 116 Å². The zero-order valence-electron chi connectivity index (χ0n) is 13.2. The number of ketones is 1. The molecule has 106 valence electrons. The number of nitrogens with zero attached hydrogens (tertiary/aromatic N) is 3. The summed E-state index contributed by atoms with van der Waals surface area (Å²) in [5, 5.41) is 3.18. The first-order valence-electron chi connectivity index (χ1n) is 7.21. The summed E-state index contributed by atoms with van der Waals surface area (Å²) in [6, 6.07) is 1.76. The summed E-state index contributed by atoms with van der Waals surface area (Å²) in [6.45, 7) is 6.18. The average Bonchev–Trinajstić information content (AvgIpc) is 2.36. The van der Waals surface area contributed by atoms with Crippen LogP contribution in [0.5, 0.6) is 0 Å². The van der Waals surface area contributed by atoms with Gasteiger partial charge in [0.1, 0.15) is 5.78 Å². The van der Waals surface area contributed by atoms with E-state index in [1.807, 2.05) is 19.9 Å². The lowest BCUT2D eigenvalue weighted by Crippen LogP contribution is -2.34. The molecule has 1 unspecified atom stereocenters. The molecule has 0 aliphatic carbocycles. The van der Waals surface area contributed by atoms with Crippen LogP contribution in [0.2, 0.25) is 0 Å². The number of anilines is 1. The third kappa shape index (κ3) is 5.34. The SMILES string of the molecule is [2H]CN(C)C(CCCNc1nc(C)cc(C)n1)C(C)=O. The molecular weight excluding hydrogens is 240 g/mol. The molecule has 1 aromatic rings. The van der Waals surface area contributed by atoms with E-state index in [4.69, 9.17) is 1.37 Å². The summed E-state index contributed by atoms with van der Waals surface area (Å²) in [6.07, 6.45) is 1.58. The number of likely N-dealkylation sites (N-methyl/N-ethyl adjacent to an activating group) is 1. The molecule has 1 aromatic heterocycles. The molecule has 19 heavy (non-hydrogen) atoms. The molecule has 1 rings (SSSR count). The molecule has 0 saturated carbocycles. The van der Waals surface area contributed by atoms with Gasteiger partial charge in [0.2, 0.25) is 5.95 Å². The van der Waals surface area contributed by atoms with Crippen molar-refractivity contribution in [2.45, 2.75) is 39.7 Å². The highest BCUT2D eigenvalue weighted by Crippen LogP contribution is 2.07. The Kier molecular flexibility index (Phi) is 5.27. The zero-order valence-corrected chi connectivity index (χ0v) is 12.2. The maximum atomic E-state index is 11.5. The molecule has 0 bridgehead atoms. The van der Waals surface area contributed by atoms with Gasteiger partial charge in [-0.25, -0.2) is 9.97 Å². The van der Waals surface area contributed by atoms with Crippen LogP contribution < -0.4 is 5.32 Å². The molecule has 0 aliphatic rings. The summed E-state index contributed by atoms with van der Waals surface area (Å²) < 4.78 is 7.33. The summed E-state index contributed by atoms with van der Waals surface area (Å²) >= 11 is 0. The topological polar surface area (TPSA) is 58.1 Å². The minimum Gasteiger partial charge on any atom is -0.354 e. The number of carbonyl (C=O) groups excluding carboxylic acids is 1. The normalized spacial score (nSPS) is 13.2. The van der Waals surface area contributed by atoms with Crippen LogP contribution in [0.1, 0.15) is 32.5 Å². The maximum absolute atomic E-state index is 11.5. The quantitative estimate of drug-likeness (QED) is 0.762. The summed E-state index contributed by atoms with van der Waals surface area (Å²) in [5.74, 6) is 0.748. The van der Waals surface area contributed by atoms with Gasteiger partial charge in [-0.15, -0.1) is 0 Å². The summed E-state index contributed by atoms with van der Waals surface area (Å²) in [5.41, 5.74) is 1.88. The van der Waals surface area contributed by atoms with Crippen molar-refractivity contribution in [1.82, 2.24) is 14.9 Å². The van der Waals surface area contributed by atoms with Gasteiger partial charge >= 0.3 is 0 Å². The van der Waals surface area contributed by atoms with Gasteiger partial charge in [-0.05, 0) is 53.8 Å². The fraction of sp³-hybridized carbons (Fsp3) is 0.643. The van der Waals surface area contributed by atoms with Gasteiger partial charge in [-0.2, -0.15) is 0 Å². The number of nitrogens with one attached hydrogen (secondary N) is 1. The van der Waals surface area contributed by atoms with Gasteiger partial charge in [0.15, 0.2) is 0 Å². The summed E-state index contributed by atoms with van der Waals surface area (Å²) in [7, 11) is 1.94. The molecule has 0 aromatic carbocycles. The number of aromatic nitrogens is 2. The third-order valence-corrected chi connectivity index (χ3v) is 2.92. The van der Waals surface area contributed by atoms with Crippen LogP contribution in [0, 0.1) is 13.8 Å². The first-order chi connectivity index (χ1) is 9.43. The molecule has 0 fully saturated rings. The fourth-order valence-electron chi connectivity index (χ4n) is 2.03. The van der Waals surface area contributed by atoms with E-state index in [0.29, 0.717) is 5.95 Å². The van der Waals surface area contributed by atoms with E-state index < -0.39 is 0 Å². The van der Waals surface area contributed by atoms with E-state index >= 15 is 0 Å². The third-order valence-electron chi connectivity index (χ3n) is 2.92. The lowest BCUT2D eigenvalue weighted by Gasteiger charge is -2.21. The lowest BCUT2D eigenvalue weighted by atomic mass is 10.1. The van der Waals surface area contributed by atoms with Crippen LogP contribution in [-0.2, 0) is 4.79 Å². The molecule has 0 aliphatic heterocycles. The predicted molar refractivity (Wildman–Crippen MR) is 77.4 cm³/mol. The van der Waals surface area contributed by atoms with Gasteiger partial charge in [0.25, 0.3) is 0 Å². The minimum absolute atomic E-state index is 0.113. The van der Waals surface area contributed by atoms with E-state index in [1.54, 1.807) is 18.9 Å². The van der Waals surface area contributed by atoms with Crippen LogP contribution in [-0.4, -0.2) is 47.3 Å². The second-order valence-corrected chi connectivity index (χ2v) is 4.93. The van der Waals surface area contributed by atoms with E-state index in [2.05, 4.69) is 15.3 Å². The number of Topliss-reactive ketones (excluding diaryl/α,β-unsaturated/α-hetero) is 1. The first kappa shape index (κ1) is 13.9. The van der Waals surface area contributed by atoms with E-state index in [1.165, 1.54) is 0 Å². The Morgan fingerprint density at radius 3 is 2.63 bits per heavy atom. The smallest absolute Gasteiger partial charge is 0.223 e. The minimum atomic E-state index is -0.172. The van der Waals surface area contributed by atoms with Crippen molar-refractivity contribution in [2.24, 2.45) is 0 Å². The molecule has 0 spiro atoms. The van der Waals surface area contributed by atoms with Crippen molar-refractivity contribution in [3.63, 3.8) is 0 Å². The monoisotopic (exact) mass is 265 g/mol. The predicted octanol–water partition coefficient (Wildman–Crippen LogP) is 1.80. The van der Waals surface area contributed by atoms with Gasteiger partial charge in [-0.1, -0.05) is 0 Å². The van der Waals surface area contributed by atoms with Crippen molar-refractivity contribution in [3.05, 3.63) is 17.5 Å². The van der Waals surface area contributed by atoms with Gasteiger partial charge < -0.3 is 5.32 Å². The highest BCUT2D eigenvalue weighted by atomic mass is 16.1. The number of aryl methyl sites for hydroxylation is 2. The molecular formula is C14H24N4O. The Morgan fingerprint density at radius 1 is 1.47 bits per heavy atom. The molecule has 1 atom stereocenters. The standard InChI is InChI=1S/C14H24N4O/c1-10-9-11(2)17-14(16-10)15-8-6-7-13(12(3)19)18(4)5/h9,13H,6-8H2,1-5H3,(H,15,16,17)/i4D. The van der Waals surface area contributed by atoms with Crippen LogP contribution in [0.15, 0.2) is 6.07 Å². The maximum Gasteiger partial charge on any atom is 0.223 e. The Bertz CT molecular complexity index is 433. The highest BCUT2D eigenvalue weighted by Gasteiger charge is 2.15. The van der Waals surface area contributed by atoms with Gasteiger partial charge in [-0.3, -0.25) is 9.69 Å².